The molecule has 0 aliphatic carbocycles. The number of pyridine rings is 1. The van der Waals surface area contributed by atoms with Crippen LogP contribution in [0.5, 0.6) is 0 Å². The monoisotopic (exact) mass is 298 g/mol. The number of carbonyl (C=O) groups is 1. The second-order valence-electron chi connectivity index (χ2n) is 4.70. The molecule has 0 spiro atoms. The molecule has 17 heavy (non-hydrogen) atoms. The van der Waals surface area contributed by atoms with Gasteiger partial charge in [-0.1, -0.05) is 0 Å². The highest BCUT2D eigenvalue weighted by atomic mass is 79.9. The SMILES string of the molecule is C[C@@]1(O)CCCN(C(=O)c2ccc(Br)nc2)C1. The Balaban J connectivity index is 2.12. The van der Waals surface area contributed by atoms with E-state index >= 15 is 0 Å². The van der Waals surface area contributed by atoms with Crippen molar-refractivity contribution in [2.45, 2.75) is 25.4 Å². The molecule has 0 saturated carbocycles. The lowest BCUT2D eigenvalue weighted by Crippen LogP contribution is -2.48. The molecule has 1 aromatic heterocycles. The number of β-amino-alcohol motifs (C(OH)–C–C–N with tert-alkyl or cyclic N) is 1. The number of likely N-dealkylation sites (tertiary alicyclic amines) is 1. The molecule has 2 heterocycles. The summed E-state index contributed by atoms with van der Waals surface area (Å²) in [6.45, 7) is 2.86. The van der Waals surface area contributed by atoms with Crippen molar-refractivity contribution in [1.82, 2.24) is 9.88 Å². The van der Waals surface area contributed by atoms with E-state index in [1.807, 2.05) is 0 Å². The van der Waals surface area contributed by atoms with Crippen LogP contribution in [0.2, 0.25) is 0 Å². The van der Waals surface area contributed by atoms with Gasteiger partial charge in [-0.2, -0.15) is 0 Å². The Labute approximate surface area is 109 Å². The molecule has 4 nitrogen and oxygen atoms in total. The molecule has 92 valence electrons. The summed E-state index contributed by atoms with van der Waals surface area (Å²) in [5.74, 6) is -0.0648. The zero-order chi connectivity index (χ0) is 12.5. The lowest BCUT2D eigenvalue weighted by atomic mass is 9.95. The topological polar surface area (TPSA) is 53.4 Å². The number of aromatic nitrogens is 1. The Morgan fingerprint density at radius 1 is 1.59 bits per heavy atom. The van der Waals surface area contributed by atoms with Gasteiger partial charge in [0.25, 0.3) is 5.91 Å². The zero-order valence-electron chi connectivity index (χ0n) is 9.69. The van der Waals surface area contributed by atoms with Crippen molar-refractivity contribution >= 4 is 21.8 Å². The second kappa shape index (κ2) is 4.74. The molecule has 1 amide bonds. The maximum absolute atomic E-state index is 12.2. The smallest absolute Gasteiger partial charge is 0.255 e. The minimum Gasteiger partial charge on any atom is -0.388 e. The molecule has 1 aliphatic heterocycles. The van der Waals surface area contributed by atoms with Crippen molar-refractivity contribution in [1.29, 1.82) is 0 Å². The van der Waals surface area contributed by atoms with Gasteiger partial charge >= 0.3 is 0 Å². The third-order valence-electron chi connectivity index (χ3n) is 2.94. The van der Waals surface area contributed by atoms with Crippen LogP contribution in [-0.2, 0) is 0 Å². The predicted octanol–water partition coefficient (Wildman–Crippen LogP) is 1.83. The number of hydrogen-bond acceptors (Lipinski definition) is 3. The van der Waals surface area contributed by atoms with Gasteiger partial charge in [0.1, 0.15) is 4.60 Å². The van der Waals surface area contributed by atoms with E-state index in [4.69, 9.17) is 0 Å². The Morgan fingerprint density at radius 3 is 2.94 bits per heavy atom. The molecule has 1 aliphatic rings. The largest absolute Gasteiger partial charge is 0.388 e. The molecule has 0 radical (unpaired) electrons. The number of nitrogens with zero attached hydrogens (tertiary/aromatic N) is 2. The molecule has 1 N–H and O–H groups in total. The third kappa shape index (κ3) is 3.04. The first-order valence-corrected chi connectivity index (χ1v) is 6.40. The van der Waals surface area contributed by atoms with Crippen molar-refractivity contribution in [2.75, 3.05) is 13.1 Å². The third-order valence-corrected chi connectivity index (χ3v) is 3.41. The number of rotatable bonds is 1. The summed E-state index contributed by atoms with van der Waals surface area (Å²) in [5.41, 5.74) is -0.206. The van der Waals surface area contributed by atoms with Crippen LogP contribution in [0.4, 0.5) is 0 Å². The fourth-order valence-corrected chi connectivity index (χ4v) is 2.31. The van der Waals surface area contributed by atoms with Gasteiger partial charge in [-0.15, -0.1) is 0 Å². The first-order valence-electron chi connectivity index (χ1n) is 5.61. The van der Waals surface area contributed by atoms with Gasteiger partial charge in [-0.25, -0.2) is 4.98 Å². The van der Waals surface area contributed by atoms with Crippen molar-refractivity contribution in [2.24, 2.45) is 0 Å². The van der Waals surface area contributed by atoms with E-state index in [-0.39, 0.29) is 5.91 Å². The van der Waals surface area contributed by atoms with E-state index in [1.54, 1.807) is 30.2 Å². The molecule has 5 heteroatoms. The zero-order valence-corrected chi connectivity index (χ0v) is 11.3. The number of aliphatic hydroxyl groups is 1. The number of piperidine rings is 1. The number of hydrogen-bond donors (Lipinski definition) is 1. The highest BCUT2D eigenvalue weighted by Crippen LogP contribution is 2.21. The van der Waals surface area contributed by atoms with Crippen LogP contribution in [0.15, 0.2) is 22.9 Å². The minimum atomic E-state index is -0.767. The molecular formula is C12H15BrN2O2. The van der Waals surface area contributed by atoms with Gasteiger partial charge in [-0.3, -0.25) is 4.79 Å². The molecule has 1 atom stereocenters. The molecule has 1 fully saturated rings. The summed E-state index contributed by atoms with van der Waals surface area (Å²) in [5, 5.41) is 9.97. The first-order chi connectivity index (χ1) is 7.98. The van der Waals surface area contributed by atoms with Crippen molar-refractivity contribution in [3.8, 4) is 0 Å². The van der Waals surface area contributed by atoms with Gasteiger partial charge in [-0.05, 0) is 47.8 Å². The maximum atomic E-state index is 12.2. The van der Waals surface area contributed by atoms with Gasteiger partial charge < -0.3 is 10.0 Å². The van der Waals surface area contributed by atoms with Crippen LogP contribution in [0.3, 0.4) is 0 Å². The molecule has 2 rings (SSSR count). The highest BCUT2D eigenvalue weighted by molar-refractivity contribution is 9.10. The Hall–Kier alpha value is -0.940. The van der Waals surface area contributed by atoms with Crippen LogP contribution in [0.1, 0.15) is 30.1 Å². The van der Waals surface area contributed by atoms with Crippen LogP contribution in [0, 0.1) is 0 Å². The van der Waals surface area contributed by atoms with Crippen LogP contribution >= 0.6 is 15.9 Å². The fourth-order valence-electron chi connectivity index (χ4n) is 2.08. The molecular weight excluding hydrogens is 284 g/mol. The van der Waals surface area contributed by atoms with E-state index < -0.39 is 5.60 Å². The second-order valence-corrected chi connectivity index (χ2v) is 5.51. The predicted molar refractivity (Wildman–Crippen MR) is 67.7 cm³/mol. The van der Waals surface area contributed by atoms with E-state index in [9.17, 15) is 9.90 Å². The average Bonchev–Trinajstić information content (AvgIpc) is 2.28. The first kappa shape index (κ1) is 12.5. The highest BCUT2D eigenvalue weighted by Gasteiger charge is 2.31. The Kier molecular flexibility index (Phi) is 3.49. The fraction of sp³-hybridized carbons (Fsp3) is 0.500. The Morgan fingerprint density at radius 2 is 2.35 bits per heavy atom. The summed E-state index contributed by atoms with van der Waals surface area (Å²) >= 11 is 3.23. The Bertz CT molecular complexity index is 417. The number of amides is 1. The van der Waals surface area contributed by atoms with E-state index in [0.29, 0.717) is 23.3 Å². The van der Waals surface area contributed by atoms with Crippen molar-refractivity contribution < 1.29 is 9.90 Å². The molecule has 0 aromatic carbocycles. The van der Waals surface area contributed by atoms with E-state index in [0.717, 1.165) is 12.8 Å². The molecule has 0 bridgehead atoms. The number of halogens is 1. The van der Waals surface area contributed by atoms with Crippen LogP contribution in [-0.4, -0.2) is 39.6 Å². The van der Waals surface area contributed by atoms with E-state index in [2.05, 4.69) is 20.9 Å². The van der Waals surface area contributed by atoms with Crippen LogP contribution < -0.4 is 0 Å². The maximum Gasteiger partial charge on any atom is 0.255 e. The molecule has 0 unspecified atom stereocenters. The summed E-state index contributed by atoms with van der Waals surface area (Å²) < 4.78 is 0.708. The van der Waals surface area contributed by atoms with Crippen molar-refractivity contribution in [3.05, 3.63) is 28.5 Å². The quantitative estimate of drug-likeness (QED) is 0.805. The lowest BCUT2D eigenvalue weighted by molar-refractivity contribution is -0.0107. The van der Waals surface area contributed by atoms with Crippen LogP contribution in [0.25, 0.3) is 0 Å². The average molecular weight is 299 g/mol. The summed E-state index contributed by atoms with van der Waals surface area (Å²) in [7, 11) is 0. The summed E-state index contributed by atoms with van der Waals surface area (Å²) in [6, 6.07) is 3.48. The van der Waals surface area contributed by atoms with Gasteiger partial charge in [0.2, 0.25) is 0 Å². The van der Waals surface area contributed by atoms with Gasteiger partial charge in [0, 0.05) is 19.3 Å². The standard InChI is InChI=1S/C12H15BrN2O2/c1-12(17)5-2-6-15(8-12)11(16)9-3-4-10(13)14-7-9/h3-4,7,17H,2,5-6,8H2,1H3/t12-/m1/s1. The summed E-state index contributed by atoms with van der Waals surface area (Å²) in [4.78, 5) is 17.9. The summed E-state index contributed by atoms with van der Waals surface area (Å²) in [6.07, 6.45) is 3.13. The van der Waals surface area contributed by atoms with Gasteiger partial charge in [0.15, 0.2) is 0 Å². The normalized spacial score (nSPS) is 24.8. The number of carbonyl (C=O) groups excluding carboxylic acids is 1. The van der Waals surface area contributed by atoms with Gasteiger partial charge in [0.05, 0.1) is 11.2 Å². The minimum absolute atomic E-state index is 0.0648. The van der Waals surface area contributed by atoms with Crippen molar-refractivity contribution in [3.63, 3.8) is 0 Å². The lowest BCUT2D eigenvalue weighted by Gasteiger charge is -2.36. The molecule has 1 aromatic rings. The van der Waals surface area contributed by atoms with E-state index in [1.165, 1.54) is 0 Å². The molecule has 1 saturated heterocycles.